The van der Waals surface area contributed by atoms with E-state index in [0.29, 0.717) is 0 Å². The number of rotatable bonds is 1. The molecule has 3 rings (SSSR count). The smallest absolute Gasteiger partial charge is 0.0653 e. The van der Waals surface area contributed by atoms with Crippen LogP contribution in [-0.4, -0.2) is 16.2 Å². The van der Waals surface area contributed by atoms with Crippen molar-refractivity contribution in [3.05, 3.63) is 65.5 Å². The van der Waals surface area contributed by atoms with Crippen molar-refractivity contribution in [2.24, 2.45) is 0 Å². The molecule has 0 amide bonds. The number of nitrogens with zero attached hydrogens (tertiary/aromatic N) is 1. The fraction of sp³-hybridized carbons (Fsp3) is 0.267. The van der Waals surface area contributed by atoms with E-state index < -0.39 is 0 Å². The van der Waals surface area contributed by atoms with Crippen LogP contribution in [0.2, 0.25) is 0 Å². The Bertz CT molecular complexity index is 509. The van der Waals surface area contributed by atoms with Gasteiger partial charge in [0.25, 0.3) is 0 Å². The summed E-state index contributed by atoms with van der Waals surface area (Å²) in [5, 5.41) is 10.2. The van der Waals surface area contributed by atoms with Crippen LogP contribution in [0.4, 0.5) is 0 Å². The lowest BCUT2D eigenvalue weighted by molar-refractivity contribution is 0.139. The zero-order chi connectivity index (χ0) is 11.7. The van der Waals surface area contributed by atoms with Crippen LogP contribution in [-0.2, 0) is 6.42 Å². The first kappa shape index (κ1) is 10.5. The fourth-order valence-electron chi connectivity index (χ4n) is 2.66. The highest BCUT2D eigenvalue weighted by Gasteiger charge is 2.29. The Morgan fingerprint density at radius 3 is 2.71 bits per heavy atom. The minimum absolute atomic E-state index is 0.0775. The van der Waals surface area contributed by atoms with Crippen LogP contribution in [0.15, 0.2) is 48.7 Å². The predicted molar refractivity (Wildman–Crippen MR) is 66.8 cm³/mol. The SMILES string of the molecule is O[C@@H]1CCc2ncccc2[C@H]1c1ccccc1. The summed E-state index contributed by atoms with van der Waals surface area (Å²) in [6.45, 7) is 0. The summed E-state index contributed by atoms with van der Waals surface area (Å²) in [7, 11) is 0. The standard InChI is InChI=1S/C15H15NO/c17-14-9-8-13-12(7-4-10-16-13)15(14)11-5-2-1-3-6-11/h1-7,10,14-15,17H,8-9H2/t14-,15-/m1/s1. The molecule has 1 heterocycles. The number of hydrogen-bond acceptors (Lipinski definition) is 2. The molecule has 0 aliphatic heterocycles. The maximum Gasteiger partial charge on any atom is 0.0653 e. The predicted octanol–water partition coefficient (Wildman–Crippen LogP) is 2.52. The van der Waals surface area contributed by atoms with Crippen molar-refractivity contribution in [1.82, 2.24) is 4.98 Å². The molecule has 17 heavy (non-hydrogen) atoms. The number of aliphatic hydroxyl groups is 1. The molecule has 0 radical (unpaired) electrons. The molecule has 1 aromatic heterocycles. The van der Waals surface area contributed by atoms with Gasteiger partial charge < -0.3 is 5.11 Å². The van der Waals surface area contributed by atoms with Crippen molar-refractivity contribution in [2.75, 3.05) is 0 Å². The molecule has 1 N–H and O–H groups in total. The quantitative estimate of drug-likeness (QED) is 0.809. The Morgan fingerprint density at radius 1 is 1.06 bits per heavy atom. The average Bonchev–Trinajstić information content (AvgIpc) is 2.39. The van der Waals surface area contributed by atoms with Gasteiger partial charge >= 0.3 is 0 Å². The van der Waals surface area contributed by atoms with E-state index in [1.807, 2.05) is 30.5 Å². The van der Waals surface area contributed by atoms with Crippen molar-refractivity contribution in [2.45, 2.75) is 24.9 Å². The van der Waals surface area contributed by atoms with Crippen molar-refractivity contribution in [3.63, 3.8) is 0 Å². The van der Waals surface area contributed by atoms with Gasteiger partial charge in [-0.2, -0.15) is 0 Å². The van der Waals surface area contributed by atoms with Crippen molar-refractivity contribution >= 4 is 0 Å². The summed E-state index contributed by atoms with van der Waals surface area (Å²) < 4.78 is 0. The Kier molecular flexibility index (Phi) is 2.65. The molecule has 2 aromatic rings. The second-order valence-electron chi connectivity index (χ2n) is 4.53. The second-order valence-corrected chi connectivity index (χ2v) is 4.53. The Labute approximate surface area is 101 Å². The molecule has 0 unspecified atom stereocenters. The number of aliphatic hydroxyl groups excluding tert-OH is 1. The van der Waals surface area contributed by atoms with Crippen LogP contribution < -0.4 is 0 Å². The molecule has 86 valence electrons. The van der Waals surface area contributed by atoms with Crippen LogP contribution in [0, 0.1) is 0 Å². The van der Waals surface area contributed by atoms with Gasteiger partial charge in [0.2, 0.25) is 0 Å². The summed E-state index contributed by atoms with van der Waals surface area (Å²) in [5.41, 5.74) is 3.48. The normalized spacial score (nSPS) is 23.1. The van der Waals surface area contributed by atoms with Gasteiger partial charge in [0.15, 0.2) is 0 Å². The van der Waals surface area contributed by atoms with Gasteiger partial charge in [-0.05, 0) is 30.0 Å². The van der Waals surface area contributed by atoms with E-state index in [2.05, 4.69) is 23.2 Å². The Morgan fingerprint density at radius 2 is 1.88 bits per heavy atom. The third-order valence-electron chi connectivity index (χ3n) is 3.48. The van der Waals surface area contributed by atoms with Gasteiger partial charge in [0, 0.05) is 17.8 Å². The van der Waals surface area contributed by atoms with Crippen LogP contribution in [0.5, 0.6) is 0 Å². The zero-order valence-corrected chi connectivity index (χ0v) is 9.58. The number of pyridine rings is 1. The van der Waals surface area contributed by atoms with Gasteiger partial charge in [0.1, 0.15) is 0 Å². The molecule has 0 bridgehead atoms. The monoisotopic (exact) mass is 225 g/mol. The van der Waals surface area contributed by atoms with E-state index in [9.17, 15) is 5.11 Å². The molecule has 2 atom stereocenters. The molecule has 1 aliphatic carbocycles. The maximum absolute atomic E-state index is 10.2. The molecule has 0 spiro atoms. The average molecular weight is 225 g/mol. The number of benzene rings is 1. The summed E-state index contributed by atoms with van der Waals surface area (Å²) in [5.74, 6) is 0.0775. The van der Waals surface area contributed by atoms with Gasteiger partial charge in [0.05, 0.1) is 6.10 Å². The molecule has 0 fully saturated rings. The number of aryl methyl sites for hydroxylation is 1. The van der Waals surface area contributed by atoms with Crippen molar-refractivity contribution in [1.29, 1.82) is 0 Å². The lowest BCUT2D eigenvalue weighted by Gasteiger charge is -2.29. The van der Waals surface area contributed by atoms with Crippen LogP contribution in [0.1, 0.15) is 29.2 Å². The maximum atomic E-state index is 10.2. The first-order chi connectivity index (χ1) is 8.36. The molecular weight excluding hydrogens is 210 g/mol. The van der Waals surface area contributed by atoms with E-state index in [0.717, 1.165) is 18.5 Å². The number of hydrogen-bond donors (Lipinski definition) is 1. The highest BCUT2D eigenvalue weighted by Crippen LogP contribution is 2.35. The second kappa shape index (κ2) is 4.30. The van der Waals surface area contributed by atoms with Gasteiger partial charge in [-0.3, -0.25) is 4.98 Å². The topological polar surface area (TPSA) is 33.1 Å². The molecule has 2 nitrogen and oxygen atoms in total. The third-order valence-corrected chi connectivity index (χ3v) is 3.48. The largest absolute Gasteiger partial charge is 0.392 e. The van der Waals surface area contributed by atoms with Gasteiger partial charge in [-0.1, -0.05) is 36.4 Å². The molecule has 0 saturated heterocycles. The first-order valence-electron chi connectivity index (χ1n) is 6.03. The summed E-state index contributed by atoms with van der Waals surface area (Å²) in [4.78, 5) is 4.42. The van der Waals surface area contributed by atoms with E-state index in [4.69, 9.17) is 0 Å². The fourth-order valence-corrected chi connectivity index (χ4v) is 2.66. The minimum atomic E-state index is -0.297. The van der Waals surface area contributed by atoms with Crippen LogP contribution in [0.25, 0.3) is 0 Å². The molecule has 2 heteroatoms. The highest BCUT2D eigenvalue weighted by molar-refractivity contribution is 5.38. The van der Waals surface area contributed by atoms with Crippen LogP contribution >= 0.6 is 0 Å². The third kappa shape index (κ3) is 1.85. The Hall–Kier alpha value is -1.67. The van der Waals surface area contributed by atoms with Crippen LogP contribution in [0.3, 0.4) is 0 Å². The van der Waals surface area contributed by atoms with Crippen molar-refractivity contribution in [3.8, 4) is 0 Å². The summed E-state index contributed by atoms with van der Waals surface area (Å²) >= 11 is 0. The Balaban J connectivity index is 2.10. The lowest BCUT2D eigenvalue weighted by Crippen LogP contribution is -2.26. The van der Waals surface area contributed by atoms with E-state index in [1.54, 1.807) is 0 Å². The van der Waals surface area contributed by atoms with Crippen molar-refractivity contribution < 1.29 is 5.11 Å². The molecule has 1 aromatic carbocycles. The summed E-state index contributed by atoms with van der Waals surface area (Å²) in [6.07, 6.45) is 3.21. The van der Waals surface area contributed by atoms with E-state index in [1.165, 1.54) is 11.1 Å². The summed E-state index contributed by atoms with van der Waals surface area (Å²) in [6, 6.07) is 14.2. The molecule has 0 saturated carbocycles. The minimum Gasteiger partial charge on any atom is -0.392 e. The van der Waals surface area contributed by atoms with Gasteiger partial charge in [-0.15, -0.1) is 0 Å². The number of fused-ring (bicyclic) bond motifs is 1. The first-order valence-corrected chi connectivity index (χ1v) is 6.03. The lowest BCUT2D eigenvalue weighted by atomic mass is 9.79. The number of aromatic nitrogens is 1. The van der Waals surface area contributed by atoms with E-state index >= 15 is 0 Å². The highest BCUT2D eigenvalue weighted by atomic mass is 16.3. The van der Waals surface area contributed by atoms with Gasteiger partial charge in [-0.25, -0.2) is 0 Å². The molecular formula is C15H15NO. The molecule has 1 aliphatic rings. The zero-order valence-electron chi connectivity index (χ0n) is 9.58. The van der Waals surface area contributed by atoms with E-state index in [-0.39, 0.29) is 12.0 Å².